The summed E-state index contributed by atoms with van der Waals surface area (Å²) in [6, 6.07) is 0. The van der Waals surface area contributed by atoms with Gasteiger partial charge in [0.1, 0.15) is 4.11 Å². The second-order valence-corrected chi connectivity index (χ2v) is 3.76. The van der Waals surface area contributed by atoms with E-state index in [9.17, 15) is 0 Å². The van der Waals surface area contributed by atoms with Crippen LogP contribution in [0.15, 0.2) is 0 Å². The number of hydrogen-bond acceptors (Lipinski definition) is 4. The molecule has 0 aliphatic heterocycles. The van der Waals surface area contributed by atoms with Crippen molar-refractivity contribution in [1.82, 2.24) is 0 Å². The lowest BCUT2D eigenvalue weighted by Crippen LogP contribution is -2.13. The van der Waals surface area contributed by atoms with E-state index in [-0.39, 0.29) is 0 Å². The van der Waals surface area contributed by atoms with E-state index in [1.54, 1.807) is 0 Å². The van der Waals surface area contributed by atoms with Crippen LogP contribution in [0.4, 0.5) is 0 Å². The second kappa shape index (κ2) is 10.6. The molecule has 5 heteroatoms. The highest BCUT2D eigenvalue weighted by atomic mass is 127. The van der Waals surface area contributed by atoms with Crippen LogP contribution >= 0.6 is 22.6 Å². The molecule has 0 spiro atoms. The highest BCUT2D eigenvalue weighted by Gasteiger charge is 1.96. The Morgan fingerprint density at radius 3 is 2.15 bits per heavy atom. The third-order valence-electron chi connectivity index (χ3n) is 1.20. The normalized spacial score (nSPS) is 13.2. The summed E-state index contributed by atoms with van der Waals surface area (Å²) in [6.45, 7) is 5.33. The predicted octanol–water partition coefficient (Wildman–Crippen LogP) is 0.809. The summed E-state index contributed by atoms with van der Waals surface area (Å²) in [5.41, 5.74) is 0. The summed E-state index contributed by atoms with van der Waals surface area (Å²) < 4.78 is 14.9. The molecule has 80 valence electrons. The molecule has 13 heavy (non-hydrogen) atoms. The zero-order chi connectivity index (χ0) is 9.94. The first-order valence-corrected chi connectivity index (χ1v) is 5.57. The monoisotopic (exact) mass is 304 g/mol. The lowest BCUT2D eigenvalue weighted by molar-refractivity contribution is 0.00755. The molecule has 0 bridgehead atoms. The van der Waals surface area contributed by atoms with E-state index in [2.05, 4.69) is 0 Å². The maximum absolute atomic E-state index is 8.83. The van der Waals surface area contributed by atoms with E-state index in [1.165, 1.54) is 0 Å². The van der Waals surface area contributed by atoms with Crippen molar-refractivity contribution < 1.29 is 19.3 Å². The Labute approximate surface area is 92.7 Å². The van der Waals surface area contributed by atoms with E-state index < -0.39 is 4.11 Å². The van der Waals surface area contributed by atoms with Crippen LogP contribution in [-0.4, -0.2) is 48.9 Å². The number of aliphatic hydroxyl groups is 1. The molecule has 0 aliphatic carbocycles. The highest BCUT2D eigenvalue weighted by molar-refractivity contribution is 14.1. The number of ether oxygens (including phenoxy) is 3. The molecule has 1 N–H and O–H groups in total. The van der Waals surface area contributed by atoms with Gasteiger partial charge >= 0.3 is 0 Å². The molecule has 0 radical (unpaired) electrons. The second-order valence-electron chi connectivity index (χ2n) is 2.32. The molecule has 4 nitrogen and oxygen atoms in total. The van der Waals surface area contributed by atoms with Crippen molar-refractivity contribution in [1.29, 1.82) is 0 Å². The summed E-state index contributed by atoms with van der Waals surface area (Å²) >= 11 is 1.89. The molecule has 0 rings (SSSR count). The summed E-state index contributed by atoms with van der Waals surface area (Å²) in [6.07, 6.45) is 0. The fourth-order valence-electron chi connectivity index (χ4n) is 0.663. The van der Waals surface area contributed by atoms with E-state index in [1.807, 2.05) is 29.5 Å². The minimum Gasteiger partial charge on any atom is -0.380 e. The summed E-state index contributed by atoms with van der Waals surface area (Å²) in [5, 5.41) is 8.83. The average molecular weight is 304 g/mol. The molecule has 0 aromatic heterocycles. The largest absolute Gasteiger partial charge is 0.380 e. The maximum atomic E-state index is 8.83. The van der Waals surface area contributed by atoms with Crippen molar-refractivity contribution in [2.75, 3.05) is 39.6 Å². The van der Waals surface area contributed by atoms with Crippen LogP contribution in [0, 0.1) is 0 Å². The standard InChI is InChI=1S/C8H17IO4/c1-2-11-3-4-12-5-6-13-7-8(9)10/h8,10H,2-7H2,1H3. The van der Waals surface area contributed by atoms with Crippen LogP contribution in [-0.2, 0) is 14.2 Å². The van der Waals surface area contributed by atoms with Crippen LogP contribution in [0.2, 0.25) is 0 Å². The summed E-state index contributed by atoms with van der Waals surface area (Å²) in [7, 11) is 0. The average Bonchev–Trinajstić information content (AvgIpc) is 2.09. The number of alkyl halides is 1. The quantitative estimate of drug-likeness (QED) is 0.389. The smallest absolute Gasteiger partial charge is 0.128 e. The van der Waals surface area contributed by atoms with E-state index in [0.717, 1.165) is 6.61 Å². The van der Waals surface area contributed by atoms with E-state index >= 15 is 0 Å². The summed E-state index contributed by atoms with van der Waals surface area (Å²) in [4.78, 5) is 0. The third kappa shape index (κ3) is 12.6. The van der Waals surface area contributed by atoms with Crippen LogP contribution in [0.3, 0.4) is 0 Å². The Hall–Kier alpha value is 0.570. The predicted molar refractivity (Wildman–Crippen MR) is 58.2 cm³/mol. The number of halogens is 1. The zero-order valence-corrected chi connectivity index (χ0v) is 10.0. The molecular weight excluding hydrogens is 287 g/mol. The van der Waals surface area contributed by atoms with Gasteiger partial charge in [-0.3, -0.25) is 0 Å². The lowest BCUT2D eigenvalue weighted by Gasteiger charge is -2.06. The molecule has 0 saturated heterocycles. The number of rotatable bonds is 9. The molecule has 0 fully saturated rings. The minimum atomic E-state index is -0.430. The van der Waals surface area contributed by atoms with Gasteiger partial charge in [-0.2, -0.15) is 0 Å². The van der Waals surface area contributed by atoms with Gasteiger partial charge < -0.3 is 19.3 Å². The molecule has 0 aromatic rings. The van der Waals surface area contributed by atoms with Gasteiger partial charge in [0.25, 0.3) is 0 Å². The van der Waals surface area contributed by atoms with Crippen molar-refractivity contribution in [3.8, 4) is 0 Å². The van der Waals surface area contributed by atoms with Crippen molar-refractivity contribution >= 4 is 22.6 Å². The van der Waals surface area contributed by atoms with Crippen LogP contribution in [0.1, 0.15) is 6.92 Å². The number of aliphatic hydroxyl groups excluding tert-OH is 1. The van der Waals surface area contributed by atoms with Gasteiger partial charge in [-0.1, -0.05) is 0 Å². The fraction of sp³-hybridized carbons (Fsp3) is 1.00. The Morgan fingerprint density at radius 2 is 1.62 bits per heavy atom. The molecule has 0 aliphatic rings. The van der Waals surface area contributed by atoms with Crippen molar-refractivity contribution in [2.45, 2.75) is 11.0 Å². The van der Waals surface area contributed by atoms with E-state index in [4.69, 9.17) is 19.3 Å². The first kappa shape index (κ1) is 13.6. The van der Waals surface area contributed by atoms with Crippen molar-refractivity contribution in [3.63, 3.8) is 0 Å². The fourth-order valence-corrected chi connectivity index (χ4v) is 0.917. The van der Waals surface area contributed by atoms with Gasteiger partial charge in [0.05, 0.1) is 33.0 Å². The minimum absolute atomic E-state index is 0.357. The molecular formula is C8H17IO4. The first-order chi connectivity index (χ1) is 6.27. The van der Waals surface area contributed by atoms with Gasteiger partial charge in [-0.15, -0.1) is 0 Å². The zero-order valence-electron chi connectivity index (χ0n) is 7.87. The van der Waals surface area contributed by atoms with Crippen LogP contribution in [0.5, 0.6) is 0 Å². The maximum Gasteiger partial charge on any atom is 0.128 e. The highest BCUT2D eigenvalue weighted by Crippen LogP contribution is 1.94. The molecule has 1 unspecified atom stereocenters. The van der Waals surface area contributed by atoms with Gasteiger partial charge in [0.2, 0.25) is 0 Å². The first-order valence-electron chi connectivity index (χ1n) is 4.32. The molecule has 1 atom stereocenters. The SMILES string of the molecule is CCOCCOCCOCC(O)I. The third-order valence-corrected chi connectivity index (χ3v) is 1.56. The van der Waals surface area contributed by atoms with Gasteiger partial charge in [0, 0.05) is 6.61 Å². The van der Waals surface area contributed by atoms with Gasteiger partial charge in [-0.25, -0.2) is 0 Å². The molecule has 0 heterocycles. The molecule has 0 amide bonds. The van der Waals surface area contributed by atoms with Crippen molar-refractivity contribution in [2.24, 2.45) is 0 Å². The molecule has 0 saturated carbocycles. The van der Waals surface area contributed by atoms with Crippen LogP contribution in [0.25, 0.3) is 0 Å². The lowest BCUT2D eigenvalue weighted by atomic mass is 10.7. The Kier molecular flexibility index (Phi) is 11.1. The number of hydrogen-bond donors (Lipinski definition) is 1. The topological polar surface area (TPSA) is 47.9 Å². The van der Waals surface area contributed by atoms with E-state index in [0.29, 0.717) is 33.0 Å². The van der Waals surface area contributed by atoms with Crippen molar-refractivity contribution in [3.05, 3.63) is 0 Å². The Bertz CT molecular complexity index is 100. The van der Waals surface area contributed by atoms with Gasteiger partial charge in [0.15, 0.2) is 0 Å². The van der Waals surface area contributed by atoms with Crippen LogP contribution < -0.4 is 0 Å². The van der Waals surface area contributed by atoms with Gasteiger partial charge in [-0.05, 0) is 29.5 Å². The summed E-state index contributed by atoms with van der Waals surface area (Å²) in [5.74, 6) is 0. The molecule has 0 aromatic carbocycles. The Morgan fingerprint density at radius 1 is 1.08 bits per heavy atom. The Balaban J connectivity index is 2.84.